The summed E-state index contributed by atoms with van der Waals surface area (Å²) in [6.45, 7) is 5.70. The van der Waals surface area contributed by atoms with Gasteiger partial charge in [0.1, 0.15) is 0 Å². The number of piperidine rings is 1. The van der Waals surface area contributed by atoms with Gasteiger partial charge in [0.15, 0.2) is 0 Å². The maximum absolute atomic E-state index is 3.81. The van der Waals surface area contributed by atoms with Crippen molar-refractivity contribution in [1.82, 2.24) is 10.2 Å². The Hall–Kier alpha value is -1.64. The van der Waals surface area contributed by atoms with Gasteiger partial charge in [0.25, 0.3) is 0 Å². The smallest absolute Gasteiger partial charge is 0.0294 e. The first-order chi connectivity index (χ1) is 10.8. The molecule has 0 radical (unpaired) electrons. The summed E-state index contributed by atoms with van der Waals surface area (Å²) >= 11 is 0. The van der Waals surface area contributed by atoms with Crippen LogP contribution in [0.25, 0.3) is 0 Å². The number of hydrogen-bond donors (Lipinski definition) is 1. The van der Waals surface area contributed by atoms with Gasteiger partial charge >= 0.3 is 0 Å². The quantitative estimate of drug-likeness (QED) is 0.896. The summed E-state index contributed by atoms with van der Waals surface area (Å²) in [4.78, 5) is 2.58. The van der Waals surface area contributed by atoms with Crippen LogP contribution in [0.15, 0.2) is 60.7 Å². The van der Waals surface area contributed by atoms with Gasteiger partial charge in [-0.15, -0.1) is 0 Å². The summed E-state index contributed by atoms with van der Waals surface area (Å²) in [6.07, 6.45) is 2.56. The molecular formula is C20H26N2. The second kappa shape index (κ2) is 7.57. The molecule has 1 saturated heterocycles. The maximum atomic E-state index is 3.81. The van der Waals surface area contributed by atoms with Crippen LogP contribution in [0.1, 0.15) is 36.9 Å². The molecule has 1 heterocycles. The Morgan fingerprint density at radius 2 is 1.73 bits per heavy atom. The lowest BCUT2D eigenvalue weighted by molar-refractivity contribution is 0.177. The first-order valence-electron chi connectivity index (χ1n) is 8.38. The number of hydrogen-bond acceptors (Lipinski definition) is 2. The van der Waals surface area contributed by atoms with Crippen LogP contribution in [-0.2, 0) is 6.54 Å². The molecule has 116 valence electrons. The third kappa shape index (κ3) is 4.19. The Bertz CT molecular complexity index is 552. The third-order valence-electron chi connectivity index (χ3n) is 4.54. The van der Waals surface area contributed by atoms with E-state index in [1.165, 1.54) is 30.5 Å². The van der Waals surface area contributed by atoms with Crippen molar-refractivity contribution in [2.45, 2.75) is 38.4 Å². The first kappa shape index (κ1) is 15.3. The summed E-state index contributed by atoms with van der Waals surface area (Å²) in [7, 11) is 0. The van der Waals surface area contributed by atoms with E-state index in [-0.39, 0.29) is 0 Å². The van der Waals surface area contributed by atoms with Crippen LogP contribution in [0, 0.1) is 0 Å². The summed E-state index contributed by atoms with van der Waals surface area (Å²) in [5.74, 6) is 0. The van der Waals surface area contributed by atoms with Gasteiger partial charge < -0.3 is 5.32 Å². The van der Waals surface area contributed by atoms with E-state index < -0.39 is 0 Å². The Kier molecular flexibility index (Phi) is 5.25. The highest BCUT2D eigenvalue weighted by Gasteiger charge is 2.21. The number of benzene rings is 2. The minimum absolute atomic E-state index is 0.419. The Morgan fingerprint density at radius 3 is 2.45 bits per heavy atom. The zero-order chi connectivity index (χ0) is 15.2. The average molecular weight is 294 g/mol. The Morgan fingerprint density at radius 1 is 1.05 bits per heavy atom. The third-order valence-corrected chi connectivity index (χ3v) is 4.54. The fourth-order valence-electron chi connectivity index (χ4n) is 3.37. The van der Waals surface area contributed by atoms with E-state index in [1.807, 2.05) is 0 Å². The molecule has 0 saturated carbocycles. The second-order valence-corrected chi connectivity index (χ2v) is 6.36. The van der Waals surface area contributed by atoms with E-state index in [2.05, 4.69) is 77.8 Å². The number of nitrogens with zero attached hydrogens (tertiary/aromatic N) is 1. The minimum atomic E-state index is 0.419. The van der Waals surface area contributed by atoms with E-state index in [0.29, 0.717) is 12.1 Å². The summed E-state index contributed by atoms with van der Waals surface area (Å²) < 4.78 is 0. The van der Waals surface area contributed by atoms with Crippen molar-refractivity contribution in [2.75, 3.05) is 13.1 Å². The molecule has 1 N–H and O–H groups in total. The van der Waals surface area contributed by atoms with Gasteiger partial charge in [0, 0.05) is 25.2 Å². The molecule has 1 aliphatic rings. The van der Waals surface area contributed by atoms with Gasteiger partial charge in [0.05, 0.1) is 0 Å². The molecule has 2 nitrogen and oxygen atoms in total. The molecule has 0 aliphatic carbocycles. The highest BCUT2D eigenvalue weighted by Crippen LogP contribution is 2.18. The van der Waals surface area contributed by atoms with Crippen LogP contribution in [0.2, 0.25) is 0 Å². The molecule has 1 aliphatic heterocycles. The lowest BCUT2D eigenvalue weighted by Crippen LogP contribution is -2.46. The molecule has 0 bridgehead atoms. The molecule has 0 spiro atoms. The van der Waals surface area contributed by atoms with Crippen molar-refractivity contribution in [3.8, 4) is 0 Å². The Balaban J connectivity index is 1.54. The summed E-state index contributed by atoms with van der Waals surface area (Å²) in [5, 5.41) is 3.81. The lowest BCUT2D eigenvalue weighted by Gasteiger charge is -2.35. The normalized spacial score (nSPS) is 20.7. The van der Waals surface area contributed by atoms with Crippen LogP contribution in [0.5, 0.6) is 0 Å². The molecule has 2 aromatic rings. The fourth-order valence-corrected chi connectivity index (χ4v) is 3.37. The van der Waals surface area contributed by atoms with Crippen molar-refractivity contribution in [3.63, 3.8) is 0 Å². The molecule has 0 amide bonds. The van der Waals surface area contributed by atoms with Gasteiger partial charge in [0.2, 0.25) is 0 Å². The molecule has 2 aromatic carbocycles. The number of likely N-dealkylation sites (tertiary alicyclic amines) is 1. The molecule has 2 atom stereocenters. The fraction of sp³-hybridized carbons (Fsp3) is 0.400. The van der Waals surface area contributed by atoms with Crippen LogP contribution >= 0.6 is 0 Å². The van der Waals surface area contributed by atoms with E-state index in [0.717, 1.165) is 13.1 Å². The molecule has 3 rings (SSSR count). The van der Waals surface area contributed by atoms with Gasteiger partial charge in [-0.05, 0) is 37.4 Å². The van der Waals surface area contributed by atoms with E-state index in [4.69, 9.17) is 0 Å². The molecule has 1 unspecified atom stereocenters. The predicted molar refractivity (Wildman–Crippen MR) is 92.7 cm³/mol. The van der Waals surface area contributed by atoms with E-state index in [9.17, 15) is 0 Å². The largest absolute Gasteiger partial charge is 0.306 e. The van der Waals surface area contributed by atoms with Gasteiger partial charge in [-0.2, -0.15) is 0 Å². The number of nitrogens with one attached hydrogen (secondary N) is 1. The summed E-state index contributed by atoms with van der Waals surface area (Å²) in [5.41, 5.74) is 2.79. The lowest BCUT2D eigenvalue weighted by atomic mass is 10.0. The second-order valence-electron chi connectivity index (χ2n) is 6.36. The van der Waals surface area contributed by atoms with Crippen molar-refractivity contribution >= 4 is 0 Å². The topological polar surface area (TPSA) is 15.3 Å². The van der Waals surface area contributed by atoms with Crippen LogP contribution in [0.4, 0.5) is 0 Å². The zero-order valence-electron chi connectivity index (χ0n) is 13.4. The molecule has 0 aromatic heterocycles. The van der Waals surface area contributed by atoms with Crippen molar-refractivity contribution < 1.29 is 0 Å². The molecule has 1 fully saturated rings. The van der Waals surface area contributed by atoms with E-state index >= 15 is 0 Å². The molecular weight excluding hydrogens is 268 g/mol. The predicted octanol–water partition coefficient (Wildman–Crippen LogP) is 4.00. The van der Waals surface area contributed by atoms with Crippen molar-refractivity contribution in [2.24, 2.45) is 0 Å². The van der Waals surface area contributed by atoms with Crippen molar-refractivity contribution in [1.29, 1.82) is 0 Å². The zero-order valence-corrected chi connectivity index (χ0v) is 13.4. The van der Waals surface area contributed by atoms with Crippen LogP contribution in [0.3, 0.4) is 0 Å². The minimum Gasteiger partial charge on any atom is -0.306 e. The highest BCUT2D eigenvalue weighted by molar-refractivity contribution is 5.18. The van der Waals surface area contributed by atoms with Crippen LogP contribution in [-0.4, -0.2) is 24.0 Å². The van der Waals surface area contributed by atoms with Gasteiger partial charge in [-0.25, -0.2) is 0 Å². The SMILES string of the molecule is C[C@@H](NC1CCCN(Cc2ccccc2)C1)c1ccccc1. The first-order valence-corrected chi connectivity index (χ1v) is 8.38. The van der Waals surface area contributed by atoms with Crippen LogP contribution < -0.4 is 5.32 Å². The molecule has 22 heavy (non-hydrogen) atoms. The Labute approximate surface area is 134 Å². The van der Waals surface area contributed by atoms with Crippen molar-refractivity contribution in [3.05, 3.63) is 71.8 Å². The average Bonchev–Trinajstić information content (AvgIpc) is 2.57. The van der Waals surface area contributed by atoms with Gasteiger partial charge in [-0.1, -0.05) is 60.7 Å². The molecule has 2 heteroatoms. The van der Waals surface area contributed by atoms with E-state index in [1.54, 1.807) is 0 Å². The highest BCUT2D eigenvalue weighted by atomic mass is 15.2. The maximum Gasteiger partial charge on any atom is 0.0294 e. The standard InChI is InChI=1S/C20H26N2/c1-17(19-11-6-3-7-12-19)21-20-13-8-14-22(16-20)15-18-9-4-2-5-10-18/h2-7,9-12,17,20-21H,8,13-16H2,1H3/t17-,20?/m1/s1. The van der Waals surface area contributed by atoms with Gasteiger partial charge in [-0.3, -0.25) is 4.90 Å². The number of rotatable bonds is 5. The summed E-state index contributed by atoms with van der Waals surface area (Å²) in [6, 6.07) is 22.6. The monoisotopic (exact) mass is 294 g/mol.